The predicted octanol–water partition coefficient (Wildman–Crippen LogP) is 2.21. The van der Waals surface area contributed by atoms with Crippen molar-refractivity contribution in [3.05, 3.63) is 25.3 Å². The quantitative estimate of drug-likeness (QED) is 0.284. The number of rotatable bonds is 6. The molecule has 0 aromatic rings. The molecule has 0 radical (unpaired) electrons. The summed E-state index contributed by atoms with van der Waals surface area (Å²) in [5.74, 6) is -0.603. The van der Waals surface area contributed by atoms with Crippen molar-refractivity contribution in [3.63, 3.8) is 0 Å². The maximum Gasteiger partial charge on any atom is 0.516 e. The molecule has 4 heteroatoms. The van der Waals surface area contributed by atoms with Gasteiger partial charge in [-0.3, -0.25) is 4.79 Å². The van der Waals surface area contributed by atoms with Crippen molar-refractivity contribution < 1.29 is 19.1 Å². The first-order valence-electron chi connectivity index (χ1n) is 4.30. The van der Waals surface area contributed by atoms with E-state index in [2.05, 4.69) is 22.6 Å². The molecule has 0 fully saturated rings. The Bertz CT molecular complexity index is 220. The fourth-order valence-electron chi connectivity index (χ4n) is 0.619. The van der Waals surface area contributed by atoms with Gasteiger partial charge in [-0.2, -0.15) is 0 Å². The van der Waals surface area contributed by atoms with Gasteiger partial charge >= 0.3 is 12.1 Å². The summed E-state index contributed by atoms with van der Waals surface area (Å²) in [4.78, 5) is 21.6. The minimum atomic E-state index is -0.957. The van der Waals surface area contributed by atoms with Crippen molar-refractivity contribution >= 4 is 12.1 Å². The highest BCUT2D eigenvalue weighted by molar-refractivity contribution is 5.81. The second kappa shape index (κ2) is 8.04. The maximum atomic E-state index is 10.9. The molecule has 0 saturated heterocycles. The lowest BCUT2D eigenvalue weighted by Crippen LogP contribution is -2.13. The van der Waals surface area contributed by atoms with E-state index in [0.717, 1.165) is 0 Å². The molecule has 4 nitrogen and oxygen atoms in total. The van der Waals surface area contributed by atoms with E-state index in [0.29, 0.717) is 12.8 Å². The summed E-state index contributed by atoms with van der Waals surface area (Å²) in [6.07, 6.45) is 3.38. The molecule has 0 unspecified atom stereocenters. The van der Waals surface area contributed by atoms with Crippen LogP contribution < -0.4 is 0 Å². The predicted molar refractivity (Wildman–Crippen MR) is 51.7 cm³/mol. The van der Waals surface area contributed by atoms with Crippen LogP contribution in [0.5, 0.6) is 0 Å². The van der Waals surface area contributed by atoms with E-state index in [4.69, 9.17) is 0 Å². The standard InChI is InChI=1S/C10H14O4/c1-3-5-7-9(11)14-10(12)13-8-6-4-2/h3-4H,1-2,5-8H2. The average molecular weight is 198 g/mol. The zero-order valence-corrected chi connectivity index (χ0v) is 8.03. The number of ether oxygens (including phenoxy) is 2. The average Bonchev–Trinajstić information content (AvgIpc) is 2.15. The van der Waals surface area contributed by atoms with E-state index >= 15 is 0 Å². The molecule has 0 aromatic carbocycles. The molecule has 14 heavy (non-hydrogen) atoms. The van der Waals surface area contributed by atoms with Gasteiger partial charge in [0.1, 0.15) is 0 Å². The van der Waals surface area contributed by atoms with Gasteiger partial charge in [0.25, 0.3) is 0 Å². The van der Waals surface area contributed by atoms with Gasteiger partial charge in [-0.1, -0.05) is 12.2 Å². The van der Waals surface area contributed by atoms with Gasteiger partial charge in [0.15, 0.2) is 0 Å². The minimum absolute atomic E-state index is 0.139. The second-order valence-electron chi connectivity index (χ2n) is 2.48. The molecule has 0 aromatic heterocycles. The summed E-state index contributed by atoms with van der Waals surface area (Å²) in [5, 5.41) is 0. The lowest BCUT2D eigenvalue weighted by Gasteiger charge is -2.02. The summed E-state index contributed by atoms with van der Waals surface area (Å²) in [6.45, 7) is 7.06. The van der Waals surface area contributed by atoms with E-state index in [1.165, 1.54) is 0 Å². The summed E-state index contributed by atoms with van der Waals surface area (Å²) in [6, 6.07) is 0. The van der Waals surface area contributed by atoms with Crippen molar-refractivity contribution in [2.75, 3.05) is 6.61 Å². The molecule has 0 aliphatic rings. The monoisotopic (exact) mass is 198 g/mol. The van der Waals surface area contributed by atoms with Crippen molar-refractivity contribution in [1.82, 2.24) is 0 Å². The molecule has 0 aliphatic carbocycles. The summed E-state index contributed by atoms with van der Waals surface area (Å²) in [5.41, 5.74) is 0. The van der Waals surface area contributed by atoms with Gasteiger partial charge < -0.3 is 9.47 Å². The normalized spacial score (nSPS) is 8.86. The number of allylic oxidation sites excluding steroid dienone is 1. The number of carbonyl (C=O) groups is 2. The highest BCUT2D eigenvalue weighted by atomic mass is 16.7. The first kappa shape index (κ1) is 12.4. The molecule has 0 aliphatic heterocycles. The molecule has 0 amide bonds. The molecule has 0 spiro atoms. The van der Waals surface area contributed by atoms with Gasteiger partial charge in [0, 0.05) is 6.42 Å². The van der Waals surface area contributed by atoms with Crippen molar-refractivity contribution in [3.8, 4) is 0 Å². The van der Waals surface area contributed by atoms with Crippen LogP contribution in [-0.4, -0.2) is 18.7 Å². The molecular formula is C10H14O4. The van der Waals surface area contributed by atoms with Crippen LogP contribution in [-0.2, 0) is 14.3 Å². The van der Waals surface area contributed by atoms with Crippen LogP contribution in [0, 0.1) is 0 Å². The fourth-order valence-corrected chi connectivity index (χ4v) is 0.619. The molecule has 0 N–H and O–H groups in total. The lowest BCUT2D eigenvalue weighted by molar-refractivity contribution is -0.139. The molecule has 0 heterocycles. The highest BCUT2D eigenvalue weighted by Gasteiger charge is 2.09. The smallest absolute Gasteiger partial charge is 0.434 e. The zero-order chi connectivity index (χ0) is 10.8. The Morgan fingerprint density at radius 3 is 2.36 bits per heavy atom. The maximum absolute atomic E-state index is 10.9. The Morgan fingerprint density at radius 1 is 1.14 bits per heavy atom. The number of hydrogen-bond donors (Lipinski definition) is 0. The van der Waals surface area contributed by atoms with Crippen LogP contribution >= 0.6 is 0 Å². The number of hydrogen-bond acceptors (Lipinski definition) is 4. The van der Waals surface area contributed by atoms with Gasteiger partial charge in [0.05, 0.1) is 6.61 Å². The number of esters is 1. The zero-order valence-electron chi connectivity index (χ0n) is 8.03. The van der Waals surface area contributed by atoms with E-state index in [1.54, 1.807) is 12.2 Å². The highest BCUT2D eigenvalue weighted by Crippen LogP contribution is 1.96. The number of carbonyl (C=O) groups excluding carboxylic acids is 2. The Morgan fingerprint density at radius 2 is 1.79 bits per heavy atom. The molecule has 0 atom stereocenters. The Balaban J connectivity index is 3.54. The van der Waals surface area contributed by atoms with E-state index in [-0.39, 0.29) is 13.0 Å². The van der Waals surface area contributed by atoms with E-state index in [9.17, 15) is 9.59 Å². The minimum Gasteiger partial charge on any atom is -0.434 e. The van der Waals surface area contributed by atoms with E-state index < -0.39 is 12.1 Å². The molecule has 0 saturated carbocycles. The Kier molecular flexibility index (Phi) is 7.13. The lowest BCUT2D eigenvalue weighted by atomic mass is 10.3. The van der Waals surface area contributed by atoms with Crippen LogP contribution in [0.4, 0.5) is 4.79 Å². The summed E-state index contributed by atoms with van der Waals surface area (Å²) < 4.78 is 8.87. The summed E-state index contributed by atoms with van der Waals surface area (Å²) in [7, 11) is 0. The van der Waals surface area contributed by atoms with Gasteiger partial charge in [-0.15, -0.1) is 13.2 Å². The first-order chi connectivity index (χ1) is 6.70. The van der Waals surface area contributed by atoms with Crippen LogP contribution in [0.15, 0.2) is 25.3 Å². The largest absolute Gasteiger partial charge is 0.516 e. The van der Waals surface area contributed by atoms with Crippen LogP contribution in [0.1, 0.15) is 19.3 Å². The topological polar surface area (TPSA) is 52.6 Å². The molecular weight excluding hydrogens is 184 g/mol. The van der Waals surface area contributed by atoms with Gasteiger partial charge in [-0.05, 0) is 12.8 Å². The van der Waals surface area contributed by atoms with Crippen LogP contribution in [0.2, 0.25) is 0 Å². The van der Waals surface area contributed by atoms with Gasteiger partial charge in [-0.25, -0.2) is 4.79 Å². The third-order valence-corrected chi connectivity index (χ3v) is 1.29. The van der Waals surface area contributed by atoms with Crippen LogP contribution in [0.25, 0.3) is 0 Å². The van der Waals surface area contributed by atoms with Crippen molar-refractivity contribution in [2.24, 2.45) is 0 Å². The third-order valence-electron chi connectivity index (χ3n) is 1.29. The second-order valence-corrected chi connectivity index (χ2v) is 2.48. The van der Waals surface area contributed by atoms with E-state index in [1.807, 2.05) is 0 Å². The third kappa shape index (κ3) is 7.09. The molecule has 0 bridgehead atoms. The molecule has 0 rings (SSSR count). The van der Waals surface area contributed by atoms with Gasteiger partial charge in [0.2, 0.25) is 0 Å². The first-order valence-corrected chi connectivity index (χ1v) is 4.30. The van der Waals surface area contributed by atoms with Crippen molar-refractivity contribution in [1.29, 1.82) is 0 Å². The summed E-state index contributed by atoms with van der Waals surface area (Å²) >= 11 is 0. The SMILES string of the molecule is C=CCCOC(=O)OC(=O)CCC=C. The molecule has 78 valence electrons. The van der Waals surface area contributed by atoms with Crippen molar-refractivity contribution in [2.45, 2.75) is 19.3 Å². The Hall–Kier alpha value is -1.58. The Labute approximate surface area is 83.2 Å². The van der Waals surface area contributed by atoms with Crippen LogP contribution in [0.3, 0.4) is 0 Å². The fraction of sp³-hybridized carbons (Fsp3) is 0.400.